The molecule has 0 aliphatic rings. The third kappa shape index (κ3) is 2.60. The van der Waals surface area contributed by atoms with Crippen molar-refractivity contribution in [3.05, 3.63) is 52.9 Å². The van der Waals surface area contributed by atoms with Crippen molar-refractivity contribution in [3.63, 3.8) is 0 Å². The molecular formula is C16H17N3S. The molecule has 102 valence electrons. The van der Waals surface area contributed by atoms with Crippen LogP contribution in [0.5, 0.6) is 0 Å². The van der Waals surface area contributed by atoms with Crippen molar-refractivity contribution in [1.82, 2.24) is 4.98 Å². The van der Waals surface area contributed by atoms with E-state index in [1.54, 1.807) is 17.5 Å². The minimum atomic E-state index is 0.334. The predicted octanol–water partition coefficient (Wildman–Crippen LogP) is 3.92. The molecule has 3 rings (SSSR count). The molecule has 0 spiro atoms. The first-order valence-corrected chi connectivity index (χ1v) is 7.59. The lowest BCUT2D eigenvalue weighted by Crippen LogP contribution is -2.18. The third-order valence-corrected chi connectivity index (χ3v) is 4.08. The van der Waals surface area contributed by atoms with Gasteiger partial charge in [-0.15, -0.1) is 0 Å². The molecular weight excluding hydrogens is 266 g/mol. The van der Waals surface area contributed by atoms with Crippen LogP contribution in [0.25, 0.3) is 10.9 Å². The molecule has 0 bridgehead atoms. The zero-order chi connectivity index (χ0) is 13.9. The SMILES string of the molecule is CC(Cc1ccsc1)Nc1ccc2ncccc2c1N. The van der Waals surface area contributed by atoms with Gasteiger partial charge in [0.25, 0.3) is 0 Å². The summed E-state index contributed by atoms with van der Waals surface area (Å²) in [6, 6.07) is 10.4. The van der Waals surface area contributed by atoms with E-state index in [0.717, 1.165) is 28.7 Å². The van der Waals surface area contributed by atoms with E-state index in [-0.39, 0.29) is 0 Å². The van der Waals surface area contributed by atoms with Gasteiger partial charge in [0.1, 0.15) is 0 Å². The van der Waals surface area contributed by atoms with E-state index in [4.69, 9.17) is 5.73 Å². The Bertz CT molecular complexity index is 707. The Hall–Kier alpha value is -2.07. The highest BCUT2D eigenvalue weighted by Crippen LogP contribution is 2.28. The fourth-order valence-electron chi connectivity index (χ4n) is 2.38. The van der Waals surface area contributed by atoms with Crippen LogP contribution in [0.1, 0.15) is 12.5 Å². The largest absolute Gasteiger partial charge is 0.397 e. The predicted molar refractivity (Wildman–Crippen MR) is 87.3 cm³/mol. The minimum absolute atomic E-state index is 0.334. The molecule has 2 heterocycles. The van der Waals surface area contributed by atoms with Crippen molar-refractivity contribution in [2.45, 2.75) is 19.4 Å². The van der Waals surface area contributed by atoms with Crippen molar-refractivity contribution in [2.75, 3.05) is 11.1 Å². The molecule has 0 saturated heterocycles. The average Bonchev–Trinajstić information content (AvgIpc) is 2.95. The Kier molecular flexibility index (Phi) is 3.56. The highest BCUT2D eigenvalue weighted by Gasteiger charge is 2.09. The monoisotopic (exact) mass is 283 g/mol. The Labute approximate surface area is 122 Å². The Morgan fingerprint density at radius 2 is 2.20 bits per heavy atom. The molecule has 4 heteroatoms. The van der Waals surface area contributed by atoms with E-state index in [1.165, 1.54) is 5.56 Å². The third-order valence-electron chi connectivity index (χ3n) is 3.35. The zero-order valence-corrected chi connectivity index (χ0v) is 12.2. The molecule has 3 N–H and O–H groups in total. The molecule has 0 amide bonds. The van der Waals surface area contributed by atoms with Crippen LogP contribution in [-0.4, -0.2) is 11.0 Å². The smallest absolute Gasteiger partial charge is 0.0724 e. The summed E-state index contributed by atoms with van der Waals surface area (Å²) in [6.45, 7) is 2.17. The number of nitrogens with zero attached hydrogens (tertiary/aromatic N) is 1. The molecule has 1 atom stereocenters. The van der Waals surface area contributed by atoms with Gasteiger partial charge in [-0.3, -0.25) is 4.98 Å². The highest BCUT2D eigenvalue weighted by molar-refractivity contribution is 7.07. The number of hydrogen-bond donors (Lipinski definition) is 2. The van der Waals surface area contributed by atoms with Crippen LogP contribution in [0.15, 0.2) is 47.3 Å². The van der Waals surface area contributed by atoms with Gasteiger partial charge >= 0.3 is 0 Å². The number of nitrogens with one attached hydrogen (secondary N) is 1. The van der Waals surface area contributed by atoms with Crippen LogP contribution in [0, 0.1) is 0 Å². The first-order chi connectivity index (χ1) is 9.74. The Balaban J connectivity index is 1.82. The number of nitrogen functional groups attached to an aromatic ring is 1. The number of anilines is 2. The maximum Gasteiger partial charge on any atom is 0.0724 e. The second-order valence-corrected chi connectivity index (χ2v) is 5.76. The van der Waals surface area contributed by atoms with Gasteiger partial charge in [-0.05, 0) is 60.0 Å². The maximum absolute atomic E-state index is 6.24. The molecule has 0 fully saturated rings. The quantitative estimate of drug-likeness (QED) is 0.713. The fraction of sp³-hybridized carbons (Fsp3) is 0.188. The van der Waals surface area contributed by atoms with Crippen molar-refractivity contribution in [3.8, 4) is 0 Å². The van der Waals surface area contributed by atoms with Crippen molar-refractivity contribution in [1.29, 1.82) is 0 Å². The standard InChI is InChI=1S/C16H17N3S/c1-11(9-12-6-8-20-10-12)19-15-5-4-14-13(16(15)17)3-2-7-18-14/h2-8,10-11,19H,9,17H2,1H3. The van der Waals surface area contributed by atoms with E-state index >= 15 is 0 Å². The number of thiophene rings is 1. The number of hydrogen-bond acceptors (Lipinski definition) is 4. The molecule has 3 nitrogen and oxygen atoms in total. The highest BCUT2D eigenvalue weighted by atomic mass is 32.1. The lowest BCUT2D eigenvalue weighted by Gasteiger charge is -2.17. The summed E-state index contributed by atoms with van der Waals surface area (Å²) in [7, 11) is 0. The summed E-state index contributed by atoms with van der Waals surface area (Å²) in [5.41, 5.74) is 10.3. The summed E-state index contributed by atoms with van der Waals surface area (Å²) >= 11 is 1.73. The van der Waals surface area contributed by atoms with Gasteiger partial charge in [0.05, 0.1) is 16.9 Å². The summed E-state index contributed by atoms with van der Waals surface area (Å²) < 4.78 is 0. The lowest BCUT2D eigenvalue weighted by molar-refractivity contribution is 0.793. The molecule has 1 unspecified atom stereocenters. The van der Waals surface area contributed by atoms with Gasteiger partial charge in [-0.25, -0.2) is 0 Å². The van der Waals surface area contributed by atoms with E-state index in [1.807, 2.05) is 24.3 Å². The van der Waals surface area contributed by atoms with Crippen LogP contribution in [0.2, 0.25) is 0 Å². The second kappa shape index (κ2) is 5.51. The van der Waals surface area contributed by atoms with E-state index in [9.17, 15) is 0 Å². The zero-order valence-electron chi connectivity index (χ0n) is 11.3. The summed E-state index contributed by atoms with van der Waals surface area (Å²) in [4.78, 5) is 4.32. The van der Waals surface area contributed by atoms with Gasteiger partial charge in [0, 0.05) is 17.6 Å². The van der Waals surface area contributed by atoms with Crippen LogP contribution in [-0.2, 0) is 6.42 Å². The van der Waals surface area contributed by atoms with Crippen LogP contribution in [0.3, 0.4) is 0 Å². The first-order valence-electron chi connectivity index (χ1n) is 6.65. The molecule has 0 aliphatic carbocycles. The molecule has 0 saturated carbocycles. The first kappa shape index (κ1) is 12.9. The number of aromatic nitrogens is 1. The van der Waals surface area contributed by atoms with Crippen molar-refractivity contribution < 1.29 is 0 Å². The number of rotatable bonds is 4. The van der Waals surface area contributed by atoms with Crippen LogP contribution >= 0.6 is 11.3 Å². The van der Waals surface area contributed by atoms with Crippen molar-refractivity contribution >= 4 is 33.6 Å². The van der Waals surface area contributed by atoms with Crippen molar-refractivity contribution in [2.24, 2.45) is 0 Å². The number of fused-ring (bicyclic) bond motifs is 1. The fourth-order valence-corrected chi connectivity index (χ4v) is 3.06. The summed E-state index contributed by atoms with van der Waals surface area (Å²) in [5.74, 6) is 0. The normalized spacial score (nSPS) is 12.4. The number of benzene rings is 1. The molecule has 0 radical (unpaired) electrons. The molecule has 3 aromatic rings. The van der Waals surface area contributed by atoms with Crippen LogP contribution in [0.4, 0.5) is 11.4 Å². The van der Waals surface area contributed by atoms with E-state index in [2.05, 4.69) is 34.1 Å². The average molecular weight is 283 g/mol. The van der Waals surface area contributed by atoms with E-state index in [0.29, 0.717) is 6.04 Å². The molecule has 1 aromatic carbocycles. The lowest BCUT2D eigenvalue weighted by atomic mass is 10.1. The Morgan fingerprint density at radius 1 is 1.30 bits per heavy atom. The molecule has 0 aliphatic heterocycles. The minimum Gasteiger partial charge on any atom is -0.397 e. The summed E-state index contributed by atoms with van der Waals surface area (Å²) in [5, 5.41) is 8.79. The van der Waals surface area contributed by atoms with Gasteiger partial charge in [-0.1, -0.05) is 0 Å². The molecule has 20 heavy (non-hydrogen) atoms. The summed E-state index contributed by atoms with van der Waals surface area (Å²) in [6.07, 6.45) is 2.78. The van der Waals surface area contributed by atoms with Gasteiger partial charge < -0.3 is 11.1 Å². The number of nitrogens with two attached hydrogens (primary N) is 1. The van der Waals surface area contributed by atoms with Crippen LogP contribution < -0.4 is 11.1 Å². The Morgan fingerprint density at radius 3 is 3.00 bits per heavy atom. The maximum atomic E-state index is 6.24. The molecule has 2 aromatic heterocycles. The van der Waals surface area contributed by atoms with Gasteiger partial charge in [-0.2, -0.15) is 11.3 Å². The van der Waals surface area contributed by atoms with Gasteiger partial charge in [0.2, 0.25) is 0 Å². The number of pyridine rings is 1. The van der Waals surface area contributed by atoms with Gasteiger partial charge in [0.15, 0.2) is 0 Å². The topological polar surface area (TPSA) is 50.9 Å². The second-order valence-electron chi connectivity index (χ2n) is 4.98. The van der Waals surface area contributed by atoms with E-state index < -0.39 is 0 Å².